The summed E-state index contributed by atoms with van der Waals surface area (Å²) in [7, 11) is 0. The molecule has 0 aromatic heterocycles. The summed E-state index contributed by atoms with van der Waals surface area (Å²) >= 11 is 3.48. The molecule has 3 atom stereocenters. The van der Waals surface area contributed by atoms with Gasteiger partial charge in [-0.25, -0.2) is 0 Å². The maximum absolute atomic E-state index is 11.1. The largest absolute Gasteiger partial charge is 0.481 e. The molecule has 0 spiro atoms. The first kappa shape index (κ1) is 14.5. The smallest absolute Gasteiger partial charge is 0.306 e. The predicted molar refractivity (Wildman–Crippen MR) is 79.1 cm³/mol. The fourth-order valence-electron chi connectivity index (χ4n) is 2.79. The topological polar surface area (TPSA) is 49.3 Å². The standard InChI is InChI=1S/C15H20BrNO2/c1-10(11-4-2-6-13(16)8-11)17-14-7-3-5-12(9-14)15(18)19/h2,4,6,8,10,12,14,17H,3,5,7,9H2,1H3,(H,18,19)/t10-,12?,14?/m1/s1. The second-order valence-corrected chi connectivity index (χ2v) is 6.26. The Morgan fingerprint density at radius 1 is 1.47 bits per heavy atom. The predicted octanol–water partition coefficient (Wildman–Crippen LogP) is 3.74. The van der Waals surface area contributed by atoms with Gasteiger partial charge in [-0.1, -0.05) is 34.5 Å². The van der Waals surface area contributed by atoms with E-state index in [4.69, 9.17) is 5.11 Å². The number of carbonyl (C=O) groups is 1. The Balaban J connectivity index is 1.95. The molecule has 1 aromatic carbocycles. The van der Waals surface area contributed by atoms with Gasteiger partial charge in [0.25, 0.3) is 0 Å². The van der Waals surface area contributed by atoms with Gasteiger partial charge in [-0.3, -0.25) is 4.79 Å². The van der Waals surface area contributed by atoms with Crippen LogP contribution in [0.25, 0.3) is 0 Å². The van der Waals surface area contributed by atoms with Gasteiger partial charge in [0.15, 0.2) is 0 Å². The van der Waals surface area contributed by atoms with Gasteiger partial charge < -0.3 is 10.4 Å². The van der Waals surface area contributed by atoms with Crippen LogP contribution < -0.4 is 5.32 Å². The van der Waals surface area contributed by atoms with Gasteiger partial charge in [0, 0.05) is 16.6 Å². The summed E-state index contributed by atoms with van der Waals surface area (Å²) in [5.41, 5.74) is 1.23. The van der Waals surface area contributed by atoms with Crippen LogP contribution in [0.4, 0.5) is 0 Å². The summed E-state index contributed by atoms with van der Waals surface area (Å²) in [4.78, 5) is 11.1. The lowest BCUT2D eigenvalue weighted by atomic mass is 9.85. The van der Waals surface area contributed by atoms with Crippen molar-refractivity contribution in [2.75, 3.05) is 0 Å². The van der Waals surface area contributed by atoms with E-state index in [0.29, 0.717) is 6.04 Å². The highest BCUT2D eigenvalue weighted by Crippen LogP contribution is 2.27. The van der Waals surface area contributed by atoms with Crippen LogP contribution in [0.3, 0.4) is 0 Å². The van der Waals surface area contributed by atoms with Gasteiger partial charge >= 0.3 is 5.97 Å². The molecule has 2 N–H and O–H groups in total. The van der Waals surface area contributed by atoms with Crippen LogP contribution in [0.1, 0.15) is 44.2 Å². The van der Waals surface area contributed by atoms with Crippen LogP contribution in [0.2, 0.25) is 0 Å². The third-order valence-electron chi connectivity index (χ3n) is 3.86. The van der Waals surface area contributed by atoms with Crippen LogP contribution in [0.5, 0.6) is 0 Å². The number of benzene rings is 1. The molecule has 3 nitrogen and oxygen atoms in total. The van der Waals surface area contributed by atoms with E-state index in [1.807, 2.05) is 12.1 Å². The Morgan fingerprint density at radius 2 is 2.26 bits per heavy atom. The van der Waals surface area contributed by atoms with Crippen molar-refractivity contribution in [3.8, 4) is 0 Å². The van der Waals surface area contributed by atoms with Gasteiger partial charge in [0.1, 0.15) is 0 Å². The number of carboxylic acids is 1. The fraction of sp³-hybridized carbons (Fsp3) is 0.533. The minimum atomic E-state index is -0.651. The summed E-state index contributed by atoms with van der Waals surface area (Å²) in [5, 5.41) is 12.7. The second kappa shape index (κ2) is 6.53. The molecule has 0 radical (unpaired) electrons. The number of halogens is 1. The van der Waals surface area contributed by atoms with E-state index in [-0.39, 0.29) is 12.0 Å². The maximum Gasteiger partial charge on any atom is 0.306 e. The Labute approximate surface area is 122 Å². The Morgan fingerprint density at radius 3 is 2.95 bits per heavy atom. The molecule has 1 aliphatic carbocycles. The van der Waals surface area contributed by atoms with Crippen LogP contribution in [-0.2, 0) is 4.79 Å². The zero-order chi connectivity index (χ0) is 13.8. The Kier molecular flexibility index (Phi) is 4.99. The van der Waals surface area contributed by atoms with E-state index in [1.54, 1.807) is 0 Å². The maximum atomic E-state index is 11.1. The monoisotopic (exact) mass is 325 g/mol. The normalized spacial score (nSPS) is 24.9. The average Bonchev–Trinajstić information content (AvgIpc) is 2.39. The lowest BCUT2D eigenvalue weighted by molar-refractivity contribution is -0.143. The number of nitrogens with one attached hydrogen (secondary N) is 1. The van der Waals surface area contributed by atoms with E-state index >= 15 is 0 Å². The van der Waals surface area contributed by atoms with Crippen molar-refractivity contribution < 1.29 is 9.90 Å². The number of hydrogen-bond acceptors (Lipinski definition) is 2. The van der Waals surface area contributed by atoms with Crippen LogP contribution in [0.15, 0.2) is 28.7 Å². The first-order valence-electron chi connectivity index (χ1n) is 6.80. The average molecular weight is 326 g/mol. The summed E-state index contributed by atoms with van der Waals surface area (Å²) in [5.74, 6) is -0.831. The van der Waals surface area contributed by atoms with Crippen molar-refractivity contribution in [1.29, 1.82) is 0 Å². The molecule has 1 saturated carbocycles. The Hall–Kier alpha value is -0.870. The van der Waals surface area contributed by atoms with E-state index in [1.165, 1.54) is 5.56 Å². The number of aliphatic carboxylic acids is 1. The minimum absolute atomic E-state index is 0.180. The molecule has 19 heavy (non-hydrogen) atoms. The highest BCUT2D eigenvalue weighted by molar-refractivity contribution is 9.10. The number of hydrogen-bond donors (Lipinski definition) is 2. The van der Waals surface area contributed by atoms with Crippen molar-refractivity contribution >= 4 is 21.9 Å². The first-order chi connectivity index (χ1) is 9.06. The Bertz CT molecular complexity index is 450. The highest BCUT2D eigenvalue weighted by Gasteiger charge is 2.27. The molecule has 1 fully saturated rings. The lowest BCUT2D eigenvalue weighted by Gasteiger charge is -2.30. The molecule has 1 aliphatic rings. The molecule has 0 amide bonds. The molecule has 0 saturated heterocycles. The molecule has 104 valence electrons. The van der Waals surface area contributed by atoms with Gasteiger partial charge in [-0.05, 0) is 43.9 Å². The minimum Gasteiger partial charge on any atom is -0.481 e. The van der Waals surface area contributed by atoms with Crippen molar-refractivity contribution in [2.24, 2.45) is 5.92 Å². The van der Waals surface area contributed by atoms with Gasteiger partial charge in [0.05, 0.1) is 5.92 Å². The van der Waals surface area contributed by atoms with E-state index in [9.17, 15) is 4.79 Å². The molecule has 0 aliphatic heterocycles. The van der Waals surface area contributed by atoms with Crippen LogP contribution in [0, 0.1) is 5.92 Å². The molecule has 0 bridgehead atoms. The van der Waals surface area contributed by atoms with E-state index < -0.39 is 5.97 Å². The lowest BCUT2D eigenvalue weighted by Crippen LogP contribution is -2.37. The summed E-state index contributed by atoms with van der Waals surface area (Å²) < 4.78 is 1.07. The second-order valence-electron chi connectivity index (χ2n) is 5.34. The zero-order valence-electron chi connectivity index (χ0n) is 11.1. The van der Waals surface area contributed by atoms with Crippen molar-refractivity contribution in [2.45, 2.75) is 44.7 Å². The summed E-state index contributed by atoms with van der Waals surface area (Å²) in [6.45, 7) is 2.13. The number of carboxylic acid groups (broad SMARTS) is 1. The molecule has 2 rings (SSSR count). The zero-order valence-corrected chi connectivity index (χ0v) is 12.7. The van der Waals surface area contributed by atoms with Crippen molar-refractivity contribution in [3.05, 3.63) is 34.3 Å². The van der Waals surface area contributed by atoms with Gasteiger partial charge in [-0.15, -0.1) is 0 Å². The third kappa shape index (κ3) is 4.05. The highest BCUT2D eigenvalue weighted by atomic mass is 79.9. The van der Waals surface area contributed by atoms with Crippen LogP contribution >= 0.6 is 15.9 Å². The summed E-state index contributed by atoms with van der Waals surface area (Å²) in [6.07, 6.45) is 3.63. The van der Waals surface area contributed by atoms with E-state index in [2.05, 4.69) is 40.3 Å². The number of rotatable bonds is 4. The molecule has 1 aromatic rings. The van der Waals surface area contributed by atoms with Crippen LogP contribution in [-0.4, -0.2) is 17.1 Å². The van der Waals surface area contributed by atoms with Gasteiger partial charge in [0.2, 0.25) is 0 Å². The van der Waals surface area contributed by atoms with Crippen molar-refractivity contribution in [1.82, 2.24) is 5.32 Å². The van der Waals surface area contributed by atoms with Crippen molar-refractivity contribution in [3.63, 3.8) is 0 Å². The molecular weight excluding hydrogens is 306 g/mol. The van der Waals surface area contributed by atoms with E-state index in [0.717, 1.165) is 30.2 Å². The molecule has 2 unspecified atom stereocenters. The molecule has 4 heteroatoms. The summed E-state index contributed by atoms with van der Waals surface area (Å²) in [6, 6.07) is 8.80. The third-order valence-corrected chi connectivity index (χ3v) is 4.35. The van der Waals surface area contributed by atoms with Gasteiger partial charge in [-0.2, -0.15) is 0 Å². The quantitative estimate of drug-likeness (QED) is 0.886. The molecule has 0 heterocycles. The molecular formula is C15H20BrNO2. The SMILES string of the molecule is C[C@@H](NC1CCCC(C(=O)O)C1)c1cccc(Br)c1. The fourth-order valence-corrected chi connectivity index (χ4v) is 3.21. The first-order valence-corrected chi connectivity index (χ1v) is 7.60.